The quantitative estimate of drug-likeness (QED) is 0.737. The second kappa shape index (κ2) is 5.21. The smallest absolute Gasteiger partial charge is 0.203 e. The van der Waals surface area contributed by atoms with E-state index in [-0.39, 0.29) is 5.78 Å². The van der Waals surface area contributed by atoms with Crippen LogP contribution in [0.3, 0.4) is 0 Å². The molecule has 4 heteroatoms. The first-order chi connectivity index (χ1) is 8.11. The minimum atomic E-state index is -0.00623. The first-order valence-electron chi connectivity index (χ1n) is 5.20. The molecule has 0 radical (unpaired) electrons. The van der Waals surface area contributed by atoms with Crippen LogP contribution in [0.1, 0.15) is 27.0 Å². The zero-order valence-corrected chi connectivity index (χ0v) is 11.5. The molecule has 1 nitrogen and oxygen atoms in total. The van der Waals surface area contributed by atoms with E-state index in [0.29, 0.717) is 15.6 Å². The van der Waals surface area contributed by atoms with Crippen molar-refractivity contribution in [1.29, 1.82) is 0 Å². The maximum absolute atomic E-state index is 12.1. The Hall–Kier alpha value is -0.830. The molecule has 0 aliphatic carbocycles. The molecule has 2 rings (SSSR count). The summed E-state index contributed by atoms with van der Waals surface area (Å²) in [6.07, 6.45) is 0.944. The average molecular weight is 285 g/mol. The van der Waals surface area contributed by atoms with Crippen molar-refractivity contribution in [3.8, 4) is 0 Å². The van der Waals surface area contributed by atoms with Crippen LogP contribution in [0.4, 0.5) is 0 Å². The fourth-order valence-electron chi connectivity index (χ4n) is 1.47. The van der Waals surface area contributed by atoms with Crippen LogP contribution in [-0.2, 0) is 6.42 Å². The number of carbonyl (C=O) groups excluding carboxylic acids is 1. The van der Waals surface area contributed by atoms with E-state index in [1.165, 1.54) is 16.2 Å². The van der Waals surface area contributed by atoms with E-state index in [0.717, 1.165) is 11.3 Å². The maximum atomic E-state index is 12.1. The minimum absolute atomic E-state index is 0.00623. The van der Waals surface area contributed by atoms with Gasteiger partial charge in [0.15, 0.2) is 0 Å². The van der Waals surface area contributed by atoms with Gasteiger partial charge in [-0.25, -0.2) is 0 Å². The molecule has 0 bridgehead atoms. The molecule has 0 aliphatic rings. The lowest BCUT2D eigenvalue weighted by Gasteiger charge is -2.00. The van der Waals surface area contributed by atoms with E-state index in [1.807, 2.05) is 12.1 Å². The highest BCUT2D eigenvalue weighted by atomic mass is 35.5. The van der Waals surface area contributed by atoms with Crippen LogP contribution in [0.15, 0.2) is 30.3 Å². The third-order valence-electron chi connectivity index (χ3n) is 2.42. The fraction of sp³-hybridized carbons (Fsp3) is 0.154. The van der Waals surface area contributed by atoms with Crippen LogP contribution in [0.25, 0.3) is 0 Å². The lowest BCUT2D eigenvalue weighted by Crippen LogP contribution is -1.98. The molecule has 0 aliphatic heterocycles. The highest BCUT2D eigenvalue weighted by Crippen LogP contribution is 2.26. The van der Waals surface area contributed by atoms with Crippen molar-refractivity contribution in [2.75, 3.05) is 0 Å². The summed E-state index contributed by atoms with van der Waals surface area (Å²) < 4.78 is 0. The van der Waals surface area contributed by atoms with Gasteiger partial charge in [0.05, 0.1) is 14.9 Å². The molecule has 1 aromatic heterocycles. The van der Waals surface area contributed by atoms with Crippen LogP contribution in [0.5, 0.6) is 0 Å². The van der Waals surface area contributed by atoms with Crippen molar-refractivity contribution in [2.45, 2.75) is 13.3 Å². The van der Waals surface area contributed by atoms with E-state index < -0.39 is 0 Å². The van der Waals surface area contributed by atoms with Crippen LogP contribution >= 0.6 is 34.5 Å². The van der Waals surface area contributed by atoms with Crippen molar-refractivity contribution in [3.63, 3.8) is 0 Å². The number of carbonyl (C=O) groups is 1. The molecular formula is C13H10Cl2OS. The summed E-state index contributed by atoms with van der Waals surface area (Å²) in [6, 6.07) is 8.79. The molecule has 0 fully saturated rings. The molecule has 0 saturated heterocycles. The number of aryl methyl sites for hydroxylation is 1. The van der Waals surface area contributed by atoms with Gasteiger partial charge in [0.1, 0.15) is 0 Å². The summed E-state index contributed by atoms with van der Waals surface area (Å²) >= 11 is 13.2. The predicted octanol–water partition coefficient (Wildman–Crippen LogP) is 4.85. The Labute approximate surface area is 114 Å². The van der Waals surface area contributed by atoms with Crippen LogP contribution in [-0.4, -0.2) is 5.78 Å². The Kier molecular flexibility index (Phi) is 3.87. The molecule has 0 atom stereocenters. The number of ketones is 1. The summed E-state index contributed by atoms with van der Waals surface area (Å²) in [5, 5.41) is 0.869. The van der Waals surface area contributed by atoms with Gasteiger partial charge in [0, 0.05) is 10.4 Å². The second-order valence-electron chi connectivity index (χ2n) is 3.58. The lowest BCUT2D eigenvalue weighted by molar-refractivity contribution is 0.104. The molecule has 0 amide bonds. The molecule has 0 N–H and O–H groups in total. The van der Waals surface area contributed by atoms with Gasteiger partial charge in [-0.3, -0.25) is 4.79 Å². The summed E-state index contributed by atoms with van der Waals surface area (Å²) in [4.78, 5) is 14.1. The van der Waals surface area contributed by atoms with Gasteiger partial charge in [-0.2, -0.15) is 0 Å². The zero-order valence-electron chi connectivity index (χ0n) is 9.17. The summed E-state index contributed by atoms with van der Waals surface area (Å²) in [7, 11) is 0. The van der Waals surface area contributed by atoms with Gasteiger partial charge in [0.2, 0.25) is 5.78 Å². The lowest BCUT2D eigenvalue weighted by atomic mass is 10.1. The van der Waals surface area contributed by atoms with Crippen molar-refractivity contribution in [2.24, 2.45) is 0 Å². The molecule has 0 unspecified atom stereocenters. The molecule has 1 aromatic carbocycles. The second-order valence-corrected chi connectivity index (χ2v) is 5.56. The first-order valence-corrected chi connectivity index (χ1v) is 6.77. The number of hydrogen-bond acceptors (Lipinski definition) is 2. The van der Waals surface area contributed by atoms with Gasteiger partial charge < -0.3 is 0 Å². The van der Waals surface area contributed by atoms with Crippen molar-refractivity contribution >= 4 is 40.3 Å². The molecular weight excluding hydrogens is 275 g/mol. The number of halogens is 2. The third-order valence-corrected chi connectivity index (χ3v) is 4.38. The first kappa shape index (κ1) is 12.6. The van der Waals surface area contributed by atoms with Gasteiger partial charge >= 0.3 is 0 Å². The molecule has 0 saturated carbocycles. The SMILES string of the molecule is CCc1ccc(C(=O)c2ccc(Cl)c(Cl)c2)s1. The number of thiophene rings is 1. The monoisotopic (exact) mass is 284 g/mol. The van der Waals surface area contributed by atoms with Crippen molar-refractivity contribution in [1.82, 2.24) is 0 Å². The normalized spacial score (nSPS) is 10.5. The van der Waals surface area contributed by atoms with Gasteiger partial charge in [0.25, 0.3) is 0 Å². The topological polar surface area (TPSA) is 17.1 Å². The van der Waals surface area contributed by atoms with E-state index in [9.17, 15) is 4.79 Å². The van der Waals surface area contributed by atoms with Crippen LogP contribution in [0.2, 0.25) is 10.0 Å². The van der Waals surface area contributed by atoms with Gasteiger partial charge in [-0.1, -0.05) is 30.1 Å². The fourth-order valence-corrected chi connectivity index (χ4v) is 2.68. The number of benzene rings is 1. The van der Waals surface area contributed by atoms with Crippen molar-refractivity contribution in [3.05, 3.63) is 55.7 Å². The van der Waals surface area contributed by atoms with E-state index in [1.54, 1.807) is 18.2 Å². The van der Waals surface area contributed by atoms with E-state index in [4.69, 9.17) is 23.2 Å². The Morgan fingerprint density at radius 2 is 1.94 bits per heavy atom. The Morgan fingerprint density at radius 1 is 1.18 bits per heavy atom. The third kappa shape index (κ3) is 2.71. The molecule has 17 heavy (non-hydrogen) atoms. The molecule has 0 spiro atoms. The van der Waals surface area contributed by atoms with Gasteiger partial charge in [-0.15, -0.1) is 11.3 Å². The standard InChI is InChI=1S/C13H10Cl2OS/c1-2-9-4-6-12(17-9)13(16)8-3-5-10(14)11(15)7-8/h3-7H,2H2,1H3. The Morgan fingerprint density at radius 3 is 2.53 bits per heavy atom. The Balaban J connectivity index is 2.33. The maximum Gasteiger partial charge on any atom is 0.203 e. The average Bonchev–Trinajstić information content (AvgIpc) is 2.80. The van der Waals surface area contributed by atoms with Gasteiger partial charge in [-0.05, 0) is 36.8 Å². The summed E-state index contributed by atoms with van der Waals surface area (Å²) in [6.45, 7) is 2.07. The predicted molar refractivity (Wildman–Crippen MR) is 73.6 cm³/mol. The number of hydrogen-bond donors (Lipinski definition) is 0. The summed E-state index contributed by atoms with van der Waals surface area (Å²) in [5.74, 6) is -0.00623. The minimum Gasteiger partial charge on any atom is -0.288 e. The number of rotatable bonds is 3. The largest absolute Gasteiger partial charge is 0.288 e. The van der Waals surface area contributed by atoms with E-state index in [2.05, 4.69) is 6.92 Å². The highest BCUT2D eigenvalue weighted by Gasteiger charge is 2.12. The Bertz CT molecular complexity index is 560. The van der Waals surface area contributed by atoms with Crippen LogP contribution in [0, 0.1) is 0 Å². The zero-order chi connectivity index (χ0) is 12.4. The van der Waals surface area contributed by atoms with E-state index >= 15 is 0 Å². The molecule has 88 valence electrons. The molecule has 2 aromatic rings. The van der Waals surface area contributed by atoms with Crippen LogP contribution < -0.4 is 0 Å². The van der Waals surface area contributed by atoms with Crippen molar-refractivity contribution < 1.29 is 4.79 Å². The summed E-state index contributed by atoms with van der Waals surface area (Å²) in [5.41, 5.74) is 0.573. The highest BCUT2D eigenvalue weighted by molar-refractivity contribution is 7.14. The molecule has 1 heterocycles.